The number of nitrogens with one attached hydrogen (secondary N) is 1. The summed E-state index contributed by atoms with van der Waals surface area (Å²) in [6.07, 6.45) is 2.17. The van der Waals surface area contributed by atoms with Crippen LogP contribution in [0.4, 0.5) is 8.78 Å². The second kappa shape index (κ2) is 10.2. The molecule has 1 aromatic carbocycles. The summed E-state index contributed by atoms with van der Waals surface area (Å²) in [5.74, 6) is 0.226. The van der Waals surface area contributed by atoms with Gasteiger partial charge in [0.2, 0.25) is 0 Å². The lowest BCUT2D eigenvalue weighted by molar-refractivity contribution is -0.0505. The Kier molecular flexibility index (Phi) is 8.22. The van der Waals surface area contributed by atoms with Gasteiger partial charge in [-0.3, -0.25) is 4.90 Å². The molecule has 4 nitrogen and oxygen atoms in total. The van der Waals surface area contributed by atoms with E-state index in [2.05, 4.69) is 30.9 Å². The van der Waals surface area contributed by atoms with Crippen molar-refractivity contribution in [3.63, 3.8) is 0 Å². The highest BCUT2D eigenvalue weighted by Gasteiger charge is 2.11. The Labute approximate surface area is 144 Å². The van der Waals surface area contributed by atoms with Gasteiger partial charge in [0.25, 0.3) is 0 Å². The van der Waals surface area contributed by atoms with E-state index in [9.17, 15) is 8.78 Å². The molecule has 0 saturated carbocycles. The number of hydrogen-bond donors (Lipinski definition) is 1. The first kappa shape index (κ1) is 18.6. The van der Waals surface area contributed by atoms with Crippen molar-refractivity contribution in [1.29, 1.82) is 0 Å². The van der Waals surface area contributed by atoms with Gasteiger partial charge >= 0.3 is 6.61 Å². The largest absolute Gasteiger partial charge is 0.434 e. The Bertz CT molecular complexity index is 471. The van der Waals surface area contributed by atoms with Gasteiger partial charge in [-0.15, -0.1) is 0 Å². The molecule has 1 heterocycles. The highest BCUT2D eigenvalue weighted by atomic mass is 79.9. The lowest BCUT2D eigenvalue weighted by Gasteiger charge is -2.26. The minimum absolute atomic E-state index is 0.226. The molecule has 1 N–H and O–H groups in total. The van der Waals surface area contributed by atoms with Gasteiger partial charge in [0.05, 0.1) is 13.2 Å². The number of rotatable bonds is 9. The van der Waals surface area contributed by atoms with Crippen LogP contribution in [0.5, 0.6) is 5.75 Å². The van der Waals surface area contributed by atoms with Gasteiger partial charge < -0.3 is 14.8 Å². The minimum Gasteiger partial charge on any atom is -0.434 e. The lowest BCUT2D eigenvalue weighted by atomic mass is 10.2. The third kappa shape index (κ3) is 7.12. The Morgan fingerprint density at radius 1 is 1.26 bits per heavy atom. The van der Waals surface area contributed by atoms with Crippen LogP contribution in [-0.2, 0) is 11.3 Å². The third-order valence-electron chi connectivity index (χ3n) is 3.74. The first-order valence-electron chi connectivity index (χ1n) is 7.89. The van der Waals surface area contributed by atoms with Crippen LogP contribution in [0.3, 0.4) is 0 Å². The maximum Gasteiger partial charge on any atom is 0.387 e. The zero-order valence-corrected chi connectivity index (χ0v) is 14.7. The Hall–Kier alpha value is -0.760. The fraction of sp³-hybridized carbons (Fsp3) is 0.625. The normalized spacial score (nSPS) is 16.0. The van der Waals surface area contributed by atoms with Crippen LogP contribution in [-0.4, -0.2) is 50.9 Å². The molecule has 2 rings (SSSR count). The summed E-state index contributed by atoms with van der Waals surface area (Å²) in [5.41, 5.74) is 0.729. The molecule has 0 atom stereocenters. The highest BCUT2D eigenvalue weighted by Crippen LogP contribution is 2.24. The van der Waals surface area contributed by atoms with Gasteiger partial charge in [-0.2, -0.15) is 8.78 Å². The molecule has 0 unspecified atom stereocenters. The van der Waals surface area contributed by atoms with Gasteiger partial charge in [-0.05, 0) is 44.1 Å². The Morgan fingerprint density at radius 2 is 2.04 bits per heavy atom. The maximum absolute atomic E-state index is 12.4. The molecular weight excluding hydrogens is 370 g/mol. The first-order valence-corrected chi connectivity index (χ1v) is 8.68. The zero-order valence-electron chi connectivity index (χ0n) is 13.1. The minimum atomic E-state index is -2.80. The van der Waals surface area contributed by atoms with E-state index in [0.717, 1.165) is 62.3 Å². The average molecular weight is 393 g/mol. The predicted molar refractivity (Wildman–Crippen MR) is 89.0 cm³/mol. The van der Waals surface area contributed by atoms with Crippen LogP contribution < -0.4 is 10.1 Å². The van der Waals surface area contributed by atoms with Crippen molar-refractivity contribution in [3.8, 4) is 5.75 Å². The Balaban J connectivity index is 1.66. The number of benzene rings is 1. The van der Waals surface area contributed by atoms with E-state index in [-0.39, 0.29) is 5.75 Å². The van der Waals surface area contributed by atoms with Crippen LogP contribution in [0.2, 0.25) is 0 Å². The summed E-state index contributed by atoms with van der Waals surface area (Å²) in [5, 5.41) is 3.29. The average Bonchev–Trinajstić information content (AvgIpc) is 2.53. The molecule has 0 spiro atoms. The van der Waals surface area contributed by atoms with Gasteiger partial charge in [-0.25, -0.2) is 0 Å². The van der Waals surface area contributed by atoms with Crippen molar-refractivity contribution in [2.45, 2.75) is 26.0 Å². The van der Waals surface area contributed by atoms with Crippen LogP contribution in [0.1, 0.15) is 18.4 Å². The fourth-order valence-electron chi connectivity index (χ4n) is 2.53. The van der Waals surface area contributed by atoms with E-state index >= 15 is 0 Å². The smallest absolute Gasteiger partial charge is 0.387 e. The van der Waals surface area contributed by atoms with Crippen molar-refractivity contribution in [3.05, 3.63) is 28.2 Å². The standard InChI is InChI=1S/C16H23BrF2N2O2/c17-14-3-4-15(23-16(18)19)13(11-14)12-20-5-1-2-6-21-7-9-22-10-8-21/h3-4,11,16,20H,1-2,5-10,12H2. The van der Waals surface area contributed by atoms with Gasteiger partial charge in [-0.1, -0.05) is 15.9 Å². The molecule has 0 amide bonds. The van der Waals surface area contributed by atoms with Gasteiger partial charge in [0.1, 0.15) is 5.75 Å². The molecule has 23 heavy (non-hydrogen) atoms. The molecule has 1 saturated heterocycles. The summed E-state index contributed by atoms with van der Waals surface area (Å²) in [6, 6.07) is 5.06. The fourth-order valence-corrected chi connectivity index (χ4v) is 2.94. The third-order valence-corrected chi connectivity index (χ3v) is 4.23. The number of unbranched alkanes of at least 4 members (excludes halogenated alkanes) is 1. The molecular formula is C16H23BrF2N2O2. The van der Waals surface area contributed by atoms with Crippen molar-refractivity contribution in [2.24, 2.45) is 0 Å². The number of morpholine rings is 1. The monoisotopic (exact) mass is 392 g/mol. The SMILES string of the molecule is FC(F)Oc1ccc(Br)cc1CNCCCCN1CCOCC1. The van der Waals surface area contributed by atoms with E-state index in [1.54, 1.807) is 18.2 Å². The van der Waals surface area contributed by atoms with Gasteiger partial charge in [0, 0.05) is 29.7 Å². The molecule has 0 aromatic heterocycles. The molecule has 130 valence electrons. The number of nitrogens with zero attached hydrogens (tertiary/aromatic N) is 1. The lowest BCUT2D eigenvalue weighted by Crippen LogP contribution is -2.37. The molecule has 1 aliphatic heterocycles. The quantitative estimate of drug-likeness (QED) is 0.654. The molecule has 0 aliphatic carbocycles. The maximum atomic E-state index is 12.4. The van der Waals surface area contributed by atoms with E-state index in [1.807, 2.05) is 0 Å². The summed E-state index contributed by atoms with van der Waals surface area (Å²) in [4.78, 5) is 2.41. The Morgan fingerprint density at radius 3 is 2.78 bits per heavy atom. The summed E-state index contributed by atoms with van der Waals surface area (Å²) >= 11 is 3.35. The van der Waals surface area contributed by atoms with Crippen LogP contribution in [0.15, 0.2) is 22.7 Å². The number of halogens is 3. The van der Waals surface area contributed by atoms with Crippen LogP contribution in [0, 0.1) is 0 Å². The highest BCUT2D eigenvalue weighted by molar-refractivity contribution is 9.10. The van der Waals surface area contributed by atoms with Gasteiger partial charge in [0.15, 0.2) is 0 Å². The summed E-state index contributed by atoms with van der Waals surface area (Å²) in [6.45, 7) is 3.33. The van der Waals surface area contributed by atoms with Crippen molar-refractivity contribution in [2.75, 3.05) is 39.4 Å². The summed E-state index contributed by atoms with van der Waals surface area (Å²) in [7, 11) is 0. The van der Waals surface area contributed by atoms with E-state index in [4.69, 9.17) is 4.74 Å². The molecule has 1 aromatic rings. The molecule has 0 bridgehead atoms. The predicted octanol–water partition coefficient (Wildman–Crippen LogP) is 3.25. The molecule has 1 aliphatic rings. The van der Waals surface area contributed by atoms with E-state index in [1.165, 1.54) is 0 Å². The number of ether oxygens (including phenoxy) is 2. The second-order valence-corrected chi connectivity index (χ2v) is 6.38. The topological polar surface area (TPSA) is 33.7 Å². The molecule has 0 radical (unpaired) electrons. The van der Waals surface area contributed by atoms with Crippen molar-refractivity contribution < 1.29 is 18.3 Å². The number of alkyl halides is 2. The molecule has 7 heteroatoms. The first-order chi connectivity index (χ1) is 11.1. The second-order valence-electron chi connectivity index (χ2n) is 5.47. The van der Waals surface area contributed by atoms with Crippen LogP contribution in [0.25, 0.3) is 0 Å². The molecule has 1 fully saturated rings. The van der Waals surface area contributed by atoms with Crippen molar-refractivity contribution in [1.82, 2.24) is 10.2 Å². The van der Waals surface area contributed by atoms with Crippen LogP contribution >= 0.6 is 15.9 Å². The van der Waals surface area contributed by atoms with E-state index < -0.39 is 6.61 Å². The van der Waals surface area contributed by atoms with E-state index in [0.29, 0.717) is 6.54 Å². The summed E-state index contributed by atoms with van der Waals surface area (Å²) < 4.78 is 35.5. The zero-order chi connectivity index (χ0) is 16.5. The number of hydrogen-bond acceptors (Lipinski definition) is 4. The van der Waals surface area contributed by atoms with Crippen molar-refractivity contribution >= 4 is 15.9 Å².